The number of carbonyl (C=O) groups excluding carboxylic acids is 2. The van der Waals surface area contributed by atoms with E-state index < -0.39 is 18.1 Å². The predicted molar refractivity (Wildman–Crippen MR) is 214 cm³/mol. The Labute approximate surface area is 320 Å². The van der Waals surface area contributed by atoms with Crippen molar-refractivity contribution in [1.29, 1.82) is 0 Å². The van der Waals surface area contributed by atoms with Crippen LogP contribution in [-0.4, -0.2) is 78.8 Å². The molecule has 1 heterocycles. The van der Waals surface area contributed by atoms with Gasteiger partial charge in [-0.25, -0.2) is 9.78 Å². The van der Waals surface area contributed by atoms with Gasteiger partial charge < -0.3 is 25.3 Å². The quantitative estimate of drug-likeness (QED) is 0.0923. The average molecular weight is 748 g/mol. The fourth-order valence-corrected chi connectivity index (χ4v) is 7.00. The zero-order chi connectivity index (χ0) is 39.1. The smallest absolute Gasteiger partial charge is 0.407 e. The minimum Gasteiger partial charge on any atom is -0.453 e. The van der Waals surface area contributed by atoms with Crippen molar-refractivity contribution in [2.24, 2.45) is 4.99 Å². The van der Waals surface area contributed by atoms with Crippen molar-refractivity contribution in [1.82, 2.24) is 25.1 Å². The number of nitrogens with zero attached hydrogens (tertiary/aromatic N) is 4. The number of aliphatic imine (C=N–C) groups is 1. The molecule has 4 aromatic carbocycles. The van der Waals surface area contributed by atoms with Gasteiger partial charge in [0, 0.05) is 36.5 Å². The van der Waals surface area contributed by atoms with Crippen LogP contribution in [0.5, 0.6) is 0 Å². The van der Waals surface area contributed by atoms with Gasteiger partial charge in [0.2, 0.25) is 5.91 Å². The standard InChI is InChI=1S/C43H47F2N7O3/c1-6-20-51(4)27-39-48-26-38(49-39)31-14-17-33-32-16-13-29(23-34(32)43(44,45)35(33)24-31)30-15-18-36(37(25-30)46-3)47-19-22-52(21-7-2)41(53)40(50-42(54)55-5)28-11-9-8-10-12-28/h8-19,23-26,40,46H,6-7,20-22,27H2,1-5H3,(H,48,49)(H,50,54). The zero-order valence-corrected chi connectivity index (χ0v) is 31.8. The number of nitrogens with one attached hydrogen (secondary N) is 3. The Balaban J connectivity index is 1.20. The van der Waals surface area contributed by atoms with E-state index in [1.54, 1.807) is 72.9 Å². The predicted octanol–water partition coefficient (Wildman–Crippen LogP) is 8.79. The van der Waals surface area contributed by atoms with Gasteiger partial charge in [-0.15, -0.1) is 0 Å². The Hall–Kier alpha value is -5.88. The first-order valence-corrected chi connectivity index (χ1v) is 18.5. The van der Waals surface area contributed by atoms with Crippen LogP contribution in [-0.2, 0) is 22.0 Å². The van der Waals surface area contributed by atoms with Crippen molar-refractivity contribution in [3.05, 3.63) is 114 Å². The molecule has 286 valence electrons. The van der Waals surface area contributed by atoms with E-state index in [9.17, 15) is 9.59 Å². The third-order valence-electron chi connectivity index (χ3n) is 9.73. The molecule has 0 saturated carbocycles. The Bertz CT molecular complexity index is 2170. The van der Waals surface area contributed by atoms with Crippen molar-refractivity contribution in [3.8, 4) is 33.5 Å². The Morgan fingerprint density at radius 2 is 1.58 bits per heavy atom. The Morgan fingerprint density at radius 1 is 0.927 bits per heavy atom. The number of ether oxygens (including phenoxy) is 1. The third-order valence-corrected chi connectivity index (χ3v) is 9.73. The van der Waals surface area contributed by atoms with Gasteiger partial charge in [-0.05, 0) is 78.5 Å². The molecule has 0 aliphatic heterocycles. The van der Waals surface area contributed by atoms with Gasteiger partial charge in [0.05, 0.1) is 43.5 Å². The molecule has 6 rings (SSSR count). The number of amides is 2. The van der Waals surface area contributed by atoms with Crippen molar-refractivity contribution < 1.29 is 23.1 Å². The summed E-state index contributed by atoms with van der Waals surface area (Å²) >= 11 is 0. The number of benzene rings is 4. The van der Waals surface area contributed by atoms with Gasteiger partial charge >= 0.3 is 6.09 Å². The highest BCUT2D eigenvalue weighted by atomic mass is 19.3. The van der Waals surface area contributed by atoms with E-state index in [2.05, 4.69) is 37.4 Å². The second-order valence-electron chi connectivity index (χ2n) is 13.6. The first-order chi connectivity index (χ1) is 26.6. The number of alkyl halides is 2. The molecule has 3 N–H and O–H groups in total. The van der Waals surface area contributed by atoms with Crippen LogP contribution in [0.25, 0.3) is 33.5 Å². The van der Waals surface area contributed by atoms with Crippen LogP contribution in [0, 0.1) is 0 Å². The number of anilines is 1. The number of imidazole rings is 1. The lowest BCUT2D eigenvalue weighted by Crippen LogP contribution is -2.44. The highest BCUT2D eigenvalue weighted by molar-refractivity contribution is 5.89. The third kappa shape index (κ3) is 8.44. The number of carbonyl (C=O) groups is 2. The van der Waals surface area contributed by atoms with Gasteiger partial charge in [0.15, 0.2) is 0 Å². The van der Waals surface area contributed by atoms with Crippen molar-refractivity contribution in [2.75, 3.05) is 46.2 Å². The summed E-state index contributed by atoms with van der Waals surface area (Å²) in [5, 5.41) is 5.82. The first kappa shape index (κ1) is 38.8. The van der Waals surface area contributed by atoms with E-state index in [1.807, 2.05) is 50.4 Å². The fraction of sp³-hybridized carbons (Fsp3) is 0.302. The van der Waals surface area contributed by atoms with E-state index in [1.165, 1.54) is 7.11 Å². The van der Waals surface area contributed by atoms with E-state index in [0.29, 0.717) is 64.4 Å². The molecule has 12 heteroatoms. The monoisotopic (exact) mass is 747 g/mol. The maximum Gasteiger partial charge on any atom is 0.407 e. The summed E-state index contributed by atoms with van der Waals surface area (Å²) in [5.74, 6) is -2.69. The molecule has 0 spiro atoms. The molecule has 0 fully saturated rings. The number of alkyl carbamates (subject to hydrolysis) is 1. The van der Waals surface area contributed by atoms with Crippen molar-refractivity contribution in [2.45, 2.75) is 45.2 Å². The van der Waals surface area contributed by atoms with Crippen LogP contribution in [0.1, 0.15) is 55.2 Å². The molecule has 1 aromatic heterocycles. The van der Waals surface area contributed by atoms with Crippen LogP contribution < -0.4 is 10.6 Å². The number of methoxy groups -OCH3 is 1. The van der Waals surface area contributed by atoms with Gasteiger partial charge in [-0.2, -0.15) is 8.78 Å². The maximum atomic E-state index is 16.2. The number of fused-ring (bicyclic) bond motifs is 3. The van der Waals surface area contributed by atoms with Gasteiger partial charge in [-0.1, -0.05) is 74.5 Å². The summed E-state index contributed by atoms with van der Waals surface area (Å²) < 4.78 is 37.2. The number of H-pyrrole nitrogens is 1. The molecular weight excluding hydrogens is 701 g/mol. The molecule has 1 atom stereocenters. The Morgan fingerprint density at radius 3 is 2.25 bits per heavy atom. The molecule has 55 heavy (non-hydrogen) atoms. The van der Waals surface area contributed by atoms with Crippen LogP contribution in [0.3, 0.4) is 0 Å². The lowest BCUT2D eigenvalue weighted by molar-refractivity contribution is -0.132. The number of halogens is 2. The summed E-state index contributed by atoms with van der Waals surface area (Å²) in [6.45, 7) is 6.32. The molecule has 1 unspecified atom stereocenters. The van der Waals surface area contributed by atoms with E-state index in [4.69, 9.17) is 4.74 Å². The molecule has 0 bridgehead atoms. The topological polar surface area (TPSA) is 115 Å². The summed E-state index contributed by atoms with van der Waals surface area (Å²) in [6, 6.07) is 24.0. The van der Waals surface area contributed by atoms with Gasteiger partial charge in [0.25, 0.3) is 5.92 Å². The lowest BCUT2D eigenvalue weighted by atomic mass is 9.97. The molecule has 0 radical (unpaired) electrons. The van der Waals surface area contributed by atoms with E-state index >= 15 is 8.78 Å². The number of rotatable bonds is 15. The zero-order valence-electron chi connectivity index (χ0n) is 31.8. The second kappa shape index (κ2) is 17.1. The van der Waals surface area contributed by atoms with Crippen LogP contribution in [0.2, 0.25) is 0 Å². The summed E-state index contributed by atoms with van der Waals surface area (Å²) in [5.41, 5.74) is 5.68. The Kier molecular flexibility index (Phi) is 12.1. The van der Waals surface area contributed by atoms with Crippen molar-refractivity contribution in [3.63, 3.8) is 0 Å². The molecule has 1 aliphatic rings. The van der Waals surface area contributed by atoms with E-state index in [-0.39, 0.29) is 23.6 Å². The van der Waals surface area contributed by atoms with E-state index in [0.717, 1.165) is 24.4 Å². The van der Waals surface area contributed by atoms with Gasteiger partial charge in [-0.3, -0.25) is 14.7 Å². The lowest BCUT2D eigenvalue weighted by Gasteiger charge is -2.26. The maximum absolute atomic E-state index is 16.2. The van der Waals surface area contributed by atoms with Crippen LogP contribution >= 0.6 is 0 Å². The largest absolute Gasteiger partial charge is 0.453 e. The summed E-state index contributed by atoms with van der Waals surface area (Å²) in [6.07, 6.45) is 4.38. The first-order valence-electron chi connectivity index (χ1n) is 18.5. The normalized spacial score (nSPS) is 13.4. The summed E-state index contributed by atoms with van der Waals surface area (Å²) in [4.78, 5) is 42.1. The minimum atomic E-state index is -3.19. The van der Waals surface area contributed by atoms with Crippen LogP contribution in [0.4, 0.5) is 25.0 Å². The highest BCUT2D eigenvalue weighted by Crippen LogP contribution is 2.52. The number of aromatic nitrogens is 2. The number of hydrogen-bond acceptors (Lipinski definition) is 7. The molecule has 1 aliphatic carbocycles. The fourth-order valence-electron chi connectivity index (χ4n) is 7.00. The SMILES string of the molecule is CCCN(C)Cc1ncc(-c2ccc3c(c2)C(F)(F)c2cc(-c4ccc(N=CCN(CCC)C(=O)C(NC(=O)OC)c5ccccc5)c(NC)c4)ccc2-3)[nH]1. The molecular formula is C43H47F2N7O3. The van der Waals surface area contributed by atoms with Crippen LogP contribution in [0.15, 0.2) is 96.1 Å². The molecule has 2 amide bonds. The highest BCUT2D eigenvalue weighted by Gasteiger charge is 2.44. The number of aromatic amines is 1. The number of hydrogen-bond donors (Lipinski definition) is 3. The van der Waals surface area contributed by atoms with Gasteiger partial charge in [0.1, 0.15) is 11.9 Å². The average Bonchev–Trinajstić information content (AvgIpc) is 3.75. The molecule has 0 saturated heterocycles. The minimum absolute atomic E-state index is 0.0243. The molecule has 10 nitrogen and oxygen atoms in total. The second-order valence-corrected chi connectivity index (χ2v) is 13.6. The molecule has 5 aromatic rings. The summed E-state index contributed by atoms with van der Waals surface area (Å²) in [7, 11) is 5.05. The van der Waals surface area contributed by atoms with Crippen molar-refractivity contribution >= 4 is 29.6 Å².